The van der Waals surface area contributed by atoms with Gasteiger partial charge in [-0.3, -0.25) is 11.8 Å². The molecule has 0 N–H and O–H groups in total. The predicted octanol–water partition coefficient (Wildman–Crippen LogP) is -2.91. The molecule has 0 aliphatic carbocycles. The van der Waals surface area contributed by atoms with Crippen molar-refractivity contribution in [2.75, 3.05) is 0 Å². The van der Waals surface area contributed by atoms with Gasteiger partial charge in [0.05, 0.1) is 12.1 Å². The van der Waals surface area contributed by atoms with Gasteiger partial charge < -0.3 is 24.7 Å². The van der Waals surface area contributed by atoms with Crippen molar-refractivity contribution in [2.24, 2.45) is 0 Å². The van der Waals surface area contributed by atoms with Crippen LogP contribution < -0.4 is 37.7 Å². The summed E-state index contributed by atoms with van der Waals surface area (Å²) in [6.45, 7) is 4.75. The minimum Gasteiger partial charge on any atom is -0.512 e. The van der Waals surface area contributed by atoms with Crippen molar-refractivity contribution in [1.29, 1.82) is 15.8 Å². The SMILES string of the molecule is [C-]#Cc1ccc(C#N)cc1.[C-]#Cc1ccc(C#N)cc1.[C-]#N.[Cu+].[Li+].[Li+]. The Balaban J connectivity index is -0.000000145. The maximum Gasteiger partial charge on any atom is 1.00 e. The third kappa shape index (κ3) is 12.8. The summed E-state index contributed by atoms with van der Waals surface area (Å²) in [4.78, 5) is 0. The maximum absolute atomic E-state index is 8.38. The fraction of sp³-hybridized carbons (Fsp3) is 0. The van der Waals surface area contributed by atoms with E-state index in [-0.39, 0.29) is 54.8 Å². The van der Waals surface area contributed by atoms with Crippen molar-refractivity contribution in [2.45, 2.75) is 0 Å². The van der Waals surface area contributed by atoms with Crippen molar-refractivity contribution in [3.63, 3.8) is 0 Å². The van der Waals surface area contributed by atoms with Gasteiger partial charge in [-0.1, -0.05) is 24.3 Å². The molecule has 112 valence electrons. The quantitative estimate of drug-likeness (QED) is 0.289. The molecule has 2 aromatic rings. The number of rotatable bonds is 0. The number of nitrogens with zero attached hydrogens (tertiary/aromatic N) is 3. The molecule has 0 bridgehead atoms. The molecule has 0 amide bonds. The Kier molecular flexibility index (Phi) is 24.2. The van der Waals surface area contributed by atoms with E-state index in [1.807, 2.05) is 12.1 Å². The fourth-order valence-corrected chi connectivity index (χ4v) is 1.26. The zero-order valence-electron chi connectivity index (χ0n) is 13.8. The van der Waals surface area contributed by atoms with E-state index < -0.39 is 0 Å². The normalized spacial score (nSPS) is 6.32. The molecule has 0 saturated carbocycles. The Morgan fingerprint density at radius 1 is 0.560 bits per heavy atom. The summed E-state index contributed by atoms with van der Waals surface area (Å²) < 4.78 is 0. The average molecular weight is 356 g/mol. The second-order valence-electron chi connectivity index (χ2n) is 3.63. The first-order valence-corrected chi connectivity index (χ1v) is 5.81. The van der Waals surface area contributed by atoms with E-state index in [1.54, 1.807) is 48.5 Å². The minimum absolute atomic E-state index is 0. The molecule has 2 rings (SSSR count). The number of benzene rings is 2. The van der Waals surface area contributed by atoms with Gasteiger partial charge >= 0.3 is 54.8 Å². The largest absolute Gasteiger partial charge is 1.00 e. The van der Waals surface area contributed by atoms with Gasteiger partial charge in [0.25, 0.3) is 0 Å². The van der Waals surface area contributed by atoms with Crippen LogP contribution in [0.1, 0.15) is 22.3 Å². The van der Waals surface area contributed by atoms with Crippen molar-refractivity contribution in [1.82, 2.24) is 0 Å². The first kappa shape index (κ1) is 30.6. The summed E-state index contributed by atoms with van der Waals surface area (Å²) in [5.74, 6) is 4.44. The molecule has 0 unspecified atom stereocenters. The Morgan fingerprint density at radius 3 is 0.920 bits per heavy atom. The van der Waals surface area contributed by atoms with E-state index in [0.717, 1.165) is 0 Å². The Bertz CT molecular complexity index is 651. The average Bonchev–Trinajstić information content (AvgIpc) is 2.64. The second kappa shape index (κ2) is 19.8. The number of nitriles is 2. The molecule has 6 heteroatoms. The third-order valence-corrected chi connectivity index (χ3v) is 2.32. The van der Waals surface area contributed by atoms with Crippen LogP contribution in [-0.4, -0.2) is 0 Å². The van der Waals surface area contributed by atoms with Gasteiger partial charge in [0, 0.05) is 11.1 Å². The van der Waals surface area contributed by atoms with E-state index in [2.05, 4.69) is 11.8 Å². The standard InChI is InChI=1S/2C9H4N.CN.Cu.2Li/c2*1-2-8-3-5-9(7-10)6-4-8;1-2;;;/h2*3-6H;;;;/q3*-1;3*+1. The molecular formula is C19H8CuLi2N3. The molecule has 25 heavy (non-hydrogen) atoms. The van der Waals surface area contributed by atoms with Crippen molar-refractivity contribution in [3.8, 4) is 24.0 Å². The van der Waals surface area contributed by atoms with Gasteiger partial charge in [-0.25, -0.2) is 0 Å². The molecule has 0 aromatic heterocycles. The molecule has 0 spiro atoms. The number of hydrogen-bond acceptors (Lipinski definition) is 3. The zero-order valence-corrected chi connectivity index (χ0v) is 14.7. The van der Waals surface area contributed by atoms with Crippen LogP contribution in [-0.2, 0) is 17.1 Å². The summed E-state index contributed by atoms with van der Waals surface area (Å²) in [7, 11) is 0. The first-order chi connectivity index (χ1) is 10.7. The van der Waals surface area contributed by atoms with Gasteiger partial charge in [-0.05, 0) is 0 Å². The Hall–Kier alpha value is -2.26. The zero-order chi connectivity index (χ0) is 16.8. The predicted molar refractivity (Wildman–Crippen MR) is 79.7 cm³/mol. The van der Waals surface area contributed by atoms with Gasteiger partial charge in [0.15, 0.2) is 0 Å². The topological polar surface area (TPSA) is 71.4 Å². The van der Waals surface area contributed by atoms with E-state index in [0.29, 0.717) is 22.3 Å². The van der Waals surface area contributed by atoms with Crippen LogP contribution in [0.25, 0.3) is 0 Å². The van der Waals surface area contributed by atoms with Crippen LogP contribution >= 0.6 is 0 Å². The molecule has 0 atom stereocenters. The molecule has 0 saturated heterocycles. The maximum atomic E-state index is 8.38. The smallest absolute Gasteiger partial charge is 0.512 e. The molecule has 2 aromatic carbocycles. The summed E-state index contributed by atoms with van der Waals surface area (Å²) >= 11 is 0. The van der Waals surface area contributed by atoms with Crippen LogP contribution in [0.3, 0.4) is 0 Å². The summed E-state index contributed by atoms with van der Waals surface area (Å²) in [6, 6.07) is 17.4. The first-order valence-electron chi connectivity index (χ1n) is 5.81. The Morgan fingerprint density at radius 2 is 0.760 bits per heavy atom. The van der Waals surface area contributed by atoms with E-state index in [4.69, 9.17) is 35.2 Å². The van der Waals surface area contributed by atoms with Crippen LogP contribution in [0, 0.1) is 59.2 Å². The Labute approximate surface area is 183 Å². The van der Waals surface area contributed by atoms with Crippen molar-refractivity contribution >= 4 is 0 Å². The van der Waals surface area contributed by atoms with E-state index in [9.17, 15) is 0 Å². The molecule has 3 nitrogen and oxygen atoms in total. The third-order valence-electron chi connectivity index (χ3n) is 2.32. The summed E-state index contributed by atoms with van der Waals surface area (Å²) in [5, 5.41) is 23.0. The van der Waals surface area contributed by atoms with Gasteiger partial charge in [-0.2, -0.15) is 10.5 Å². The van der Waals surface area contributed by atoms with Crippen LogP contribution in [0.4, 0.5) is 0 Å². The summed E-state index contributed by atoms with van der Waals surface area (Å²) in [6.07, 6.45) is 13.5. The molecule has 0 aliphatic rings. The monoisotopic (exact) mass is 355 g/mol. The molecule has 0 heterocycles. The summed E-state index contributed by atoms with van der Waals surface area (Å²) in [5.41, 5.74) is 2.61. The molecule has 0 radical (unpaired) electrons. The van der Waals surface area contributed by atoms with E-state index >= 15 is 0 Å². The van der Waals surface area contributed by atoms with Gasteiger partial charge in [-0.15, -0.1) is 35.4 Å². The van der Waals surface area contributed by atoms with Crippen LogP contribution in [0.5, 0.6) is 0 Å². The molecule has 0 fully saturated rings. The van der Waals surface area contributed by atoms with Gasteiger partial charge in [0.2, 0.25) is 0 Å². The second-order valence-corrected chi connectivity index (χ2v) is 3.63. The minimum atomic E-state index is 0. The van der Waals surface area contributed by atoms with Crippen molar-refractivity contribution < 1.29 is 54.8 Å². The van der Waals surface area contributed by atoms with E-state index in [1.165, 1.54) is 0 Å². The van der Waals surface area contributed by atoms with Crippen LogP contribution in [0.2, 0.25) is 0 Å². The number of hydrogen-bond donors (Lipinski definition) is 0. The van der Waals surface area contributed by atoms with Gasteiger partial charge in [0.1, 0.15) is 0 Å². The fourth-order valence-electron chi connectivity index (χ4n) is 1.26. The van der Waals surface area contributed by atoms with Crippen molar-refractivity contribution in [3.05, 3.63) is 90.2 Å². The molecular weight excluding hydrogens is 348 g/mol. The van der Waals surface area contributed by atoms with Crippen LogP contribution in [0.15, 0.2) is 48.5 Å². The molecule has 0 aliphatic heterocycles.